The Kier molecular flexibility index (Phi) is 9.64. The molecule has 0 radical (unpaired) electrons. The first-order chi connectivity index (χ1) is 14.4. The van der Waals surface area contributed by atoms with Gasteiger partial charge in [0.1, 0.15) is 5.75 Å². The molecule has 0 amide bonds. The van der Waals surface area contributed by atoms with Crippen molar-refractivity contribution in [3.8, 4) is 5.75 Å². The maximum Gasteiger partial charge on any atom is 0.191 e. The number of aliphatic hydroxyl groups is 1. The second-order valence-corrected chi connectivity index (χ2v) is 7.83. The molecule has 0 saturated carbocycles. The maximum absolute atomic E-state index is 10.5. The monoisotopic (exact) mass is 412 g/mol. The smallest absolute Gasteiger partial charge is 0.191 e. The molecule has 1 atom stereocenters. The highest BCUT2D eigenvalue weighted by molar-refractivity contribution is 5.79. The third-order valence-electron chi connectivity index (χ3n) is 4.46. The lowest BCUT2D eigenvalue weighted by Gasteiger charge is -2.17. The van der Waals surface area contributed by atoms with E-state index >= 15 is 0 Å². The topological polar surface area (TPSA) is 69.1 Å². The molecular weight excluding hydrogens is 376 g/mol. The first-order valence-corrected chi connectivity index (χ1v) is 10.6. The largest absolute Gasteiger partial charge is 0.491 e. The molecule has 0 aromatic heterocycles. The van der Waals surface area contributed by atoms with Crippen LogP contribution in [-0.4, -0.2) is 49.3 Å². The van der Waals surface area contributed by atoms with Gasteiger partial charge in [0.2, 0.25) is 0 Å². The number of aliphatic hydroxyl groups excluding tert-OH is 1. The standard InChI is InChI=1S/C24H36N4O2/c1-6-25-24(26-15-20-9-7-8-10-21(20)17-28(4)5)27-16-23(29)19-11-13-22(14-12-19)30-18(2)3/h7-14,18,23,29H,6,15-17H2,1-5H3,(H2,25,26,27). The van der Waals surface area contributed by atoms with E-state index in [2.05, 4.69) is 47.8 Å². The van der Waals surface area contributed by atoms with Gasteiger partial charge in [-0.1, -0.05) is 36.4 Å². The van der Waals surface area contributed by atoms with Gasteiger partial charge in [-0.2, -0.15) is 0 Å². The highest BCUT2D eigenvalue weighted by Crippen LogP contribution is 2.18. The summed E-state index contributed by atoms with van der Waals surface area (Å²) in [4.78, 5) is 6.86. The molecule has 0 fully saturated rings. The quantitative estimate of drug-likeness (QED) is 0.413. The van der Waals surface area contributed by atoms with Gasteiger partial charge in [-0.15, -0.1) is 0 Å². The Morgan fingerprint density at radius 2 is 1.70 bits per heavy atom. The number of rotatable bonds is 10. The van der Waals surface area contributed by atoms with Crippen LogP contribution in [0.3, 0.4) is 0 Å². The van der Waals surface area contributed by atoms with Crippen LogP contribution in [0.4, 0.5) is 0 Å². The molecule has 0 saturated heterocycles. The normalized spacial score (nSPS) is 12.9. The van der Waals surface area contributed by atoms with E-state index in [-0.39, 0.29) is 6.10 Å². The van der Waals surface area contributed by atoms with Gasteiger partial charge in [0.25, 0.3) is 0 Å². The van der Waals surface area contributed by atoms with E-state index in [0.29, 0.717) is 19.0 Å². The molecule has 0 aliphatic heterocycles. The Morgan fingerprint density at radius 3 is 2.30 bits per heavy atom. The van der Waals surface area contributed by atoms with E-state index in [9.17, 15) is 5.11 Å². The van der Waals surface area contributed by atoms with Gasteiger partial charge >= 0.3 is 0 Å². The fraction of sp³-hybridized carbons (Fsp3) is 0.458. The molecule has 6 nitrogen and oxygen atoms in total. The summed E-state index contributed by atoms with van der Waals surface area (Å²) in [7, 11) is 4.13. The molecule has 2 rings (SSSR count). The Balaban J connectivity index is 1.98. The fourth-order valence-electron chi connectivity index (χ4n) is 3.06. The minimum Gasteiger partial charge on any atom is -0.491 e. The second-order valence-electron chi connectivity index (χ2n) is 7.83. The zero-order valence-corrected chi connectivity index (χ0v) is 18.9. The lowest BCUT2D eigenvalue weighted by atomic mass is 10.1. The summed E-state index contributed by atoms with van der Waals surface area (Å²) >= 11 is 0. The number of nitrogens with one attached hydrogen (secondary N) is 2. The molecule has 0 aliphatic rings. The highest BCUT2D eigenvalue weighted by Gasteiger charge is 2.10. The van der Waals surface area contributed by atoms with Crippen LogP contribution >= 0.6 is 0 Å². The molecule has 2 aromatic carbocycles. The third kappa shape index (κ3) is 8.05. The van der Waals surface area contributed by atoms with E-state index in [1.54, 1.807) is 0 Å². The fourth-order valence-corrected chi connectivity index (χ4v) is 3.06. The van der Waals surface area contributed by atoms with E-state index in [1.165, 1.54) is 11.1 Å². The van der Waals surface area contributed by atoms with Crippen LogP contribution in [0.1, 0.15) is 43.6 Å². The summed E-state index contributed by atoms with van der Waals surface area (Å²) in [5.74, 6) is 1.50. The SMILES string of the molecule is CCNC(=NCc1ccccc1CN(C)C)NCC(O)c1ccc(OC(C)C)cc1. The number of hydrogen-bond donors (Lipinski definition) is 3. The predicted molar refractivity (Wildman–Crippen MR) is 124 cm³/mol. The molecule has 0 bridgehead atoms. The number of guanidine groups is 1. The number of ether oxygens (including phenoxy) is 1. The Morgan fingerprint density at radius 1 is 1.03 bits per heavy atom. The summed E-state index contributed by atoms with van der Waals surface area (Å²) in [6.45, 7) is 8.60. The van der Waals surface area contributed by atoms with Crippen LogP contribution in [0.15, 0.2) is 53.5 Å². The lowest BCUT2D eigenvalue weighted by molar-refractivity contribution is 0.180. The third-order valence-corrected chi connectivity index (χ3v) is 4.46. The minimum absolute atomic E-state index is 0.129. The van der Waals surface area contributed by atoms with Crippen molar-refractivity contribution in [2.75, 3.05) is 27.2 Å². The summed E-state index contributed by atoms with van der Waals surface area (Å²) in [6, 6.07) is 15.9. The van der Waals surface area contributed by atoms with Gasteiger partial charge in [-0.05, 0) is 63.7 Å². The average molecular weight is 413 g/mol. The summed E-state index contributed by atoms with van der Waals surface area (Å²) < 4.78 is 5.66. The van der Waals surface area contributed by atoms with Crippen molar-refractivity contribution in [1.29, 1.82) is 0 Å². The number of nitrogens with zero attached hydrogens (tertiary/aromatic N) is 2. The second kappa shape index (κ2) is 12.2. The zero-order valence-electron chi connectivity index (χ0n) is 18.9. The van der Waals surface area contributed by atoms with Crippen molar-refractivity contribution in [2.45, 2.75) is 46.1 Å². The average Bonchev–Trinajstić information content (AvgIpc) is 2.70. The van der Waals surface area contributed by atoms with Crippen LogP contribution in [-0.2, 0) is 13.1 Å². The van der Waals surface area contributed by atoms with Crippen molar-refractivity contribution in [3.05, 3.63) is 65.2 Å². The van der Waals surface area contributed by atoms with Crippen molar-refractivity contribution in [3.63, 3.8) is 0 Å². The van der Waals surface area contributed by atoms with Crippen molar-refractivity contribution >= 4 is 5.96 Å². The summed E-state index contributed by atoms with van der Waals surface area (Å²) in [5, 5.41) is 17.0. The highest BCUT2D eigenvalue weighted by atomic mass is 16.5. The Hall–Kier alpha value is -2.57. The number of aliphatic imine (C=N–C) groups is 1. The van der Waals surface area contributed by atoms with Gasteiger partial charge in [0.05, 0.1) is 18.8 Å². The summed E-state index contributed by atoms with van der Waals surface area (Å²) in [6.07, 6.45) is -0.507. The first kappa shape index (κ1) is 23.7. The lowest BCUT2D eigenvalue weighted by Crippen LogP contribution is -2.39. The molecular formula is C24H36N4O2. The van der Waals surface area contributed by atoms with Gasteiger partial charge in [0, 0.05) is 19.6 Å². The van der Waals surface area contributed by atoms with Gasteiger partial charge < -0.3 is 25.4 Å². The van der Waals surface area contributed by atoms with E-state index in [1.807, 2.05) is 51.1 Å². The van der Waals surface area contributed by atoms with E-state index in [4.69, 9.17) is 9.73 Å². The number of benzene rings is 2. The summed E-state index contributed by atoms with van der Waals surface area (Å²) in [5.41, 5.74) is 3.31. The maximum atomic E-state index is 10.5. The van der Waals surface area contributed by atoms with E-state index < -0.39 is 6.10 Å². The van der Waals surface area contributed by atoms with Gasteiger partial charge in [-0.3, -0.25) is 0 Å². The van der Waals surface area contributed by atoms with Crippen molar-refractivity contribution < 1.29 is 9.84 Å². The van der Waals surface area contributed by atoms with E-state index in [0.717, 1.165) is 24.4 Å². The van der Waals surface area contributed by atoms with Crippen molar-refractivity contribution in [2.24, 2.45) is 4.99 Å². The minimum atomic E-state index is -0.636. The molecule has 1 unspecified atom stereocenters. The number of hydrogen-bond acceptors (Lipinski definition) is 4. The van der Waals surface area contributed by atoms with Crippen LogP contribution in [0, 0.1) is 0 Å². The van der Waals surface area contributed by atoms with Crippen LogP contribution < -0.4 is 15.4 Å². The molecule has 0 heterocycles. The van der Waals surface area contributed by atoms with Crippen molar-refractivity contribution in [1.82, 2.24) is 15.5 Å². The molecule has 30 heavy (non-hydrogen) atoms. The van der Waals surface area contributed by atoms with Crippen LogP contribution in [0.2, 0.25) is 0 Å². The van der Waals surface area contributed by atoms with Gasteiger partial charge in [0.15, 0.2) is 5.96 Å². The molecule has 164 valence electrons. The molecule has 0 spiro atoms. The molecule has 3 N–H and O–H groups in total. The Labute approximate surface area is 181 Å². The molecule has 2 aromatic rings. The predicted octanol–water partition coefficient (Wildman–Crippen LogP) is 3.32. The molecule has 6 heteroatoms. The molecule has 0 aliphatic carbocycles. The van der Waals surface area contributed by atoms with Crippen LogP contribution in [0.5, 0.6) is 5.75 Å². The zero-order chi connectivity index (χ0) is 21.9. The first-order valence-electron chi connectivity index (χ1n) is 10.6. The van der Waals surface area contributed by atoms with Crippen LogP contribution in [0.25, 0.3) is 0 Å². The van der Waals surface area contributed by atoms with Gasteiger partial charge in [-0.25, -0.2) is 4.99 Å². The Bertz CT molecular complexity index is 788.